The van der Waals surface area contributed by atoms with Gasteiger partial charge >= 0.3 is 0 Å². The molecule has 0 bridgehead atoms. The van der Waals surface area contributed by atoms with Crippen LogP contribution in [0.5, 0.6) is 11.5 Å². The van der Waals surface area contributed by atoms with E-state index in [4.69, 9.17) is 19.6 Å². The highest BCUT2D eigenvalue weighted by molar-refractivity contribution is 5.44. The summed E-state index contributed by atoms with van der Waals surface area (Å²) in [4.78, 5) is 9.24. The average molecular weight is 378 g/mol. The van der Waals surface area contributed by atoms with E-state index in [1.165, 1.54) is 0 Å². The molecule has 2 unspecified atom stereocenters. The van der Waals surface area contributed by atoms with E-state index in [0.717, 1.165) is 47.2 Å². The second-order valence-electron chi connectivity index (χ2n) is 6.97. The van der Waals surface area contributed by atoms with E-state index < -0.39 is 0 Å². The fraction of sp³-hybridized carbons (Fsp3) is 0.350. The summed E-state index contributed by atoms with van der Waals surface area (Å²) >= 11 is 0. The second kappa shape index (κ2) is 7.21. The largest absolute Gasteiger partial charge is 0.454 e. The normalized spacial score (nSPS) is 20.6. The highest BCUT2D eigenvalue weighted by Gasteiger charge is 2.31. The molecule has 1 fully saturated rings. The third-order valence-corrected chi connectivity index (χ3v) is 5.09. The Morgan fingerprint density at radius 2 is 2.00 bits per heavy atom. The van der Waals surface area contributed by atoms with Crippen molar-refractivity contribution in [3.05, 3.63) is 65.5 Å². The lowest BCUT2D eigenvalue weighted by atomic mass is 10.1. The first-order valence-corrected chi connectivity index (χ1v) is 9.54. The molecule has 0 spiro atoms. The summed E-state index contributed by atoms with van der Waals surface area (Å²) in [7, 11) is 0. The molecular weight excluding hydrogens is 356 g/mol. The molecule has 4 heterocycles. The van der Waals surface area contributed by atoms with Crippen molar-refractivity contribution in [1.82, 2.24) is 30.6 Å². The number of fused-ring (bicyclic) bond motifs is 1. The molecule has 0 radical (unpaired) electrons. The quantitative estimate of drug-likeness (QED) is 0.704. The molecule has 8 heteroatoms. The number of nitrogens with one attached hydrogen (secondary N) is 2. The van der Waals surface area contributed by atoms with Crippen molar-refractivity contribution in [2.75, 3.05) is 6.79 Å². The van der Waals surface area contributed by atoms with E-state index in [-0.39, 0.29) is 18.9 Å². The molecular formula is C20H22N6O2. The molecule has 8 nitrogen and oxygen atoms in total. The number of nitrogens with zero attached hydrogens (tertiary/aromatic N) is 4. The molecule has 5 rings (SSSR count). The first-order chi connectivity index (χ1) is 13.8. The van der Waals surface area contributed by atoms with E-state index in [1.807, 2.05) is 47.3 Å². The summed E-state index contributed by atoms with van der Waals surface area (Å²) in [6, 6.07) is 12.2. The zero-order chi connectivity index (χ0) is 18.9. The molecule has 1 aromatic carbocycles. The van der Waals surface area contributed by atoms with Crippen LogP contribution in [0.25, 0.3) is 0 Å². The minimum absolute atomic E-state index is 0.0637. The van der Waals surface area contributed by atoms with Crippen molar-refractivity contribution in [2.45, 2.75) is 38.4 Å². The molecule has 0 amide bonds. The fourth-order valence-corrected chi connectivity index (χ4v) is 3.64. The summed E-state index contributed by atoms with van der Waals surface area (Å²) in [5.74, 6) is 3.35. The molecule has 2 aromatic heterocycles. The van der Waals surface area contributed by atoms with Gasteiger partial charge in [-0.3, -0.25) is 4.98 Å². The summed E-state index contributed by atoms with van der Waals surface area (Å²) in [5, 5.41) is 4.71. The van der Waals surface area contributed by atoms with Crippen LogP contribution in [0.3, 0.4) is 0 Å². The maximum Gasteiger partial charge on any atom is 0.231 e. The Hall–Kier alpha value is -2.97. The van der Waals surface area contributed by atoms with Gasteiger partial charge in [0.2, 0.25) is 6.79 Å². The monoisotopic (exact) mass is 378 g/mol. The third-order valence-electron chi connectivity index (χ3n) is 5.09. The van der Waals surface area contributed by atoms with E-state index in [9.17, 15) is 0 Å². The Balaban J connectivity index is 1.39. The van der Waals surface area contributed by atoms with E-state index >= 15 is 0 Å². The topological polar surface area (TPSA) is 86.1 Å². The SMILES string of the molecule is CCc1nc(C2CC(c3ccccn3)NN2)n(Cc2ccc3c(c2)OCO3)n1. The fourth-order valence-electron chi connectivity index (χ4n) is 3.64. The molecule has 0 aliphatic carbocycles. The number of hydrazine groups is 1. The van der Waals surface area contributed by atoms with E-state index in [0.29, 0.717) is 6.54 Å². The van der Waals surface area contributed by atoms with Crippen LogP contribution in [-0.2, 0) is 13.0 Å². The number of aromatic nitrogens is 4. The predicted molar refractivity (Wildman–Crippen MR) is 102 cm³/mol. The number of hydrogen-bond acceptors (Lipinski definition) is 7. The van der Waals surface area contributed by atoms with Crippen molar-refractivity contribution in [3.63, 3.8) is 0 Å². The number of pyridine rings is 1. The second-order valence-corrected chi connectivity index (χ2v) is 6.97. The van der Waals surface area contributed by atoms with Gasteiger partial charge in [-0.05, 0) is 36.2 Å². The Morgan fingerprint density at radius 3 is 2.86 bits per heavy atom. The van der Waals surface area contributed by atoms with Crippen LogP contribution in [0.4, 0.5) is 0 Å². The third kappa shape index (κ3) is 3.21. The van der Waals surface area contributed by atoms with Crippen LogP contribution in [-0.4, -0.2) is 26.5 Å². The van der Waals surface area contributed by atoms with Gasteiger partial charge in [-0.25, -0.2) is 20.5 Å². The number of ether oxygens (including phenoxy) is 2. The molecule has 2 atom stereocenters. The Bertz CT molecular complexity index is 974. The number of hydrogen-bond donors (Lipinski definition) is 2. The van der Waals surface area contributed by atoms with Gasteiger partial charge in [-0.1, -0.05) is 19.1 Å². The Kier molecular flexibility index (Phi) is 4.42. The van der Waals surface area contributed by atoms with Gasteiger partial charge < -0.3 is 9.47 Å². The smallest absolute Gasteiger partial charge is 0.231 e. The van der Waals surface area contributed by atoms with Crippen molar-refractivity contribution in [2.24, 2.45) is 0 Å². The summed E-state index contributed by atoms with van der Waals surface area (Å²) < 4.78 is 12.9. The summed E-state index contributed by atoms with van der Waals surface area (Å²) in [6.45, 7) is 2.98. The van der Waals surface area contributed by atoms with Crippen molar-refractivity contribution in [3.8, 4) is 11.5 Å². The zero-order valence-electron chi connectivity index (χ0n) is 15.6. The van der Waals surface area contributed by atoms with Crippen LogP contribution in [0.2, 0.25) is 0 Å². The van der Waals surface area contributed by atoms with E-state index in [2.05, 4.69) is 22.8 Å². The van der Waals surface area contributed by atoms with Crippen LogP contribution in [0, 0.1) is 0 Å². The van der Waals surface area contributed by atoms with Gasteiger partial charge in [0.1, 0.15) is 5.82 Å². The van der Waals surface area contributed by atoms with Crippen molar-refractivity contribution < 1.29 is 9.47 Å². The van der Waals surface area contributed by atoms with Gasteiger partial charge in [-0.2, -0.15) is 5.10 Å². The summed E-state index contributed by atoms with van der Waals surface area (Å²) in [5.41, 5.74) is 8.84. The van der Waals surface area contributed by atoms with Crippen molar-refractivity contribution in [1.29, 1.82) is 0 Å². The highest BCUT2D eigenvalue weighted by Crippen LogP contribution is 2.33. The molecule has 28 heavy (non-hydrogen) atoms. The average Bonchev–Trinajstić information content (AvgIpc) is 3.47. The van der Waals surface area contributed by atoms with Gasteiger partial charge in [0.15, 0.2) is 17.3 Å². The zero-order valence-corrected chi connectivity index (χ0v) is 15.6. The molecule has 2 N–H and O–H groups in total. The maximum atomic E-state index is 5.50. The lowest BCUT2D eigenvalue weighted by Gasteiger charge is -2.11. The molecule has 2 aliphatic rings. The molecule has 144 valence electrons. The number of benzene rings is 1. The first-order valence-electron chi connectivity index (χ1n) is 9.54. The highest BCUT2D eigenvalue weighted by atomic mass is 16.7. The van der Waals surface area contributed by atoms with Crippen LogP contribution < -0.4 is 20.3 Å². The Labute approximate surface area is 162 Å². The molecule has 2 aliphatic heterocycles. The lowest BCUT2D eigenvalue weighted by Crippen LogP contribution is -2.28. The standard InChI is InChI=1S/C20H22N6O2/c1-2-19-22-20(16-10-15(23-24-16)14-5-3-4-8-21-14)26(25-19)11-13-6-7-17-18(9-13)28-12-27-17/h3-9,15-16,23-24H,2,10-12H2,1H3. The minimum Gasteiger partial charge on any atom is -0.454 e. The molecule has 1 saturated heterocycles. The first kappa shape index (κ1) is 17.2. The van der Waals surface area contributed by atoms with E-state index in [1.54, 1.807) is 0 Å². The summed E-state index contributed by atoms with van der Waals surface area (Å²) in [6.07, 6.45) is 3.48. The van der Waals surface area contributed by atoms with Crippen LogP contribution in [0.1, 0.15) is 48.3 Å². The lowest BCUT2D eigenvalue weighted by molar-refractivity contribution is 0.174. The molecule has 0 saturated carbocycles. The van der Waals surface area contributed by atoms with Crippen molar-refractivity contribution >= 4 is 0 Å². The number of aryl methyl sites for hydroxylation is 1. The maximum absolute atomic E-state index is 5.50. The van der Waals surface area contributed by atoms with Crippen LogP contribution >= 0.6 is 0 Å². The van der Waals surface area contributed by atoms with Gasteiger partial charge in [-0.15, -0.1) is 0 Å². The van der Waals surface area contributed by atoms with Crippen LogP contribution in [0.15, 0.2) is 42.6 Å². The Morgan fingerprint density at radius 1 is 1.11 bits per heavy atom. The predicted octanol–water partition coefficient (Wildman–Crippen LogP) is 2.29. The molecule has 3 aromatic rings. The van der Waals surface area contributed by atoms with Gasteiger partial charge in [0, 0.05) is 12.6 Å². The number of rotatable bonds is 5. The minimum atomic E-state index is 0.0637. The van der Waals surface area contributed by atoms with Gasteiger partial charge in [0.25, 0.3) is 0 Å². The van der Waals surface area contributed by atoms with Gasteiger partial charge in [0.05, 0.1) is 24.3 Å².